The first kappa shape index (κ1) is 38.7. The number of hydrogen-bond acceptors (Lipinski definition) is 4. The minimum Gasteiger partial charge on any atom is -0.391 e. The Balaban J connectivity index is -0.0000000376. The fourth-order valence-electron chi connectivity index (χ4n) is 0. The molecular weight excluding hydrogens is 352 g/mol. The summed E-state index contributed by atoms with van der Waals surface area (Å²) in [6, 6.07) is 0. The van der Waals surface area contributed by atoms with E-state index in [9.17, 15) is 0 Å². The molecule has 0 aromatic carbocycles. The van der Waals surface area contributed by atoms with Gasteiger partial charge < -0.3 is 20.4 Å². The van der Waals surface area contributed by atoms with E-state index in [1.54, 1.807) is 83.1 Å². The summed E-state index contributed by atoms with van der Waals surface area (Å²) >= 11 is 0. The van der Waals surface area contributed by atoms with E-state index in [0.29, 0.717) is 0 Å². The maximum atomic E-state index is 8.52. The van der Waals surface area contributed by atoms with Crippen LogP contribution in [0, 0.1) is 0 Å². The first-order valence-electron chi connectivity index (χ1n) is 6.89. The van der Waals surface area contributed by atoms with E-state index in [-0.39, 0.29) is 43.4 Å². The van der Waals surface area contributed by atoms with Gasteiger partial charge in [0.05, 0.1) is 22.4 Å². The average molecular weight is 392 g/mol. The predicted molar refractivity (Wildman–Crippen MR) is 87.9 cm³/mol. The third-order valence-corrected chi connectivity index (χ3v) is 0. The van der Waals surface area contributed by atoms with E-state index in [0.717, 1.165) is 0 Å². The predicted octanol–water partition coefficient (Wildman–Crippen LogP) is 3.10. The molecule has 0 fully saturated rings. The van der Waals surface area contributed by atoms with E-state index in [1.807, 2.05) is 0 Å². The first-order chi connectivity index (χ1) is 8.00. The Morgan fingerprint density at radius 1 is 0.318 bits per heavy atom. The van der Waals surface area contributed by atoms with Crippen molar-refractivity contribution in [2.24, 2.45) is 0 Å². The Morgan fingerprint density at radius 2 is 0.318 bits per heavy atom. The second kappa shape index (κ2) is 15.8. The summed E-state index contributed by atoms with van der Waals surface area (Å²) in [4.78, 5) is 0. The van der Waals surface area contributed by atoms with Crippen LogP contribution in [0.3, 0.4) is 0 Å². The van der Waals surface area contributed by atoms with E-state index >= 15 is 0 Å². The molecule has 0 bridgehead atoms. The number of aliphatic hydroxyl groups is 4. The Bertz CT molecular complexity index is 134. The van der Waals surface area contributed by atoms with Gasteiger partial charge in [-0.15, -0.1) is 0 Å². The van der Waals surface area contributed by atoms with E-state index in [2.05, 4.69) is 0 Å². The van der Waals surface area contributed by atoms with Crippen molar-refractivity contribution in [3.8, 4) is 0 Å². The topological polar surface area (TPSA) is 80.9 Å². The fourth-order valence-corrected chi connectivity index (χ4v) is 0. The molecule has 0 saturated heterocycles. The maximum Gasteiger partial charge on any atom is 0.0563 e. The molecule has 4 nitrogen and oxygen atoms in total. The molecule has 136 valence electrons. The molecule has 0 heterocycles. The summed E-state index contributed by atoms with van der Waals surface area (Å²) in [5, 5.41) is 34.1. The van der Waals surface area contributed by atoms with Crippen molar-refractivity contribution in [3.05, 3.63) is 0 Å². The summed E-state index contributed by atoms with van der Waals surface area (Å²) < 4.78 is 0. The molecule has 0 aliphatic rings. The zero-order valence-electron chi connectivity index (χ0n) is 16.8. The van der Waals surface area contributed by atoms with Gasteiger partial charge in [0.1, 0.15) is 0 Å². The zero-order chi connectivity index (χ0) is 18.0. The van der Waals surface area contributed by atoms with E-state index in [1.165, 1.54) is 0 Å². The van der Waals surface area contributed by atoms with Crippen LogP contribution in [-0.2, 0) is 43.4 Å². The second-order valence-electron chi connectivity index (χ2n) is 8.68. The van der Waals surface area contributed by atoms with Crippen LogP contribution in [0.2, 0.25) is 0 Å². The van der Waals surface area contributed by atoms with Crippen LogP contribution >= 0.6 is 0 Å². The SMILES string of the molecule is CC(C)(C)O.CC(C)(C)O.CC(C)(C)O.CC(C)(C)O.[Ti].[Ti]. The normalized spacial score (nSPS) is 10.9. The summed E-state index contributed by atoms with van der Waals surface area (Å²) in [6.45, 7) is 20.9. The monoisotopic (exact) mass is 392 g/mol. The number of rotatable bonds is 0. The van der Waals surface area contributed by atoms with Gasteiger partial charge in [-0.1, -0.05) is 0 Å². The van der Waals surface area contributed by atoms with Gasteiger partial charge in [0.25, 0.3) is 0 Å². The molecule has 4 N–H and O–H groups in total. The molecule has 0 aliphatic carbocycles. The summed E-state index contributed by atoms with van der Waals surface area (Å²) in [6.07, 6.45) is 0. The molecule has 0 unspecified atom stereocenters. The largest absolute Gasteiger partial charge is 0.391 e. The molecule has 0 aromatic rings. The number of hydrogen-bond donors (Lipinski definition) is 4. The summed E-state index contributed by atoms with van der Waals surface area (Å²) in [7, 11) is 0. The van der Waals surface area contributed by atoms with Crippen LogP contribution in [-0.4, -0.2) is 42.8 Å². The van der Waals surface area contributed by atoms with Crippen molar-refractivity contribution in [3.63, 3.8) is 0 Å². The van der Waals surface area contributed by atoms with Gasteiger partial charge in [-0.05, 0) is 83.1 Å². The van der Waals surface area contributed by atoms with Crippen LogP contribution in [0.5, 0.6) is 0 Å². The Hall–Kier alpha value is 1.27. The van der Waals surface area contributed by atoms with Crippen molar-refractivity contribution < 1.29 is 63.9 Å². The molecule has 0 aliphatic heterocycles. The van der Waals surface area contributed by atoms with Gasteiger partial charge in [-0.3, -0.25) is 0 Å². The van der Waals surface area contributed by atoms with Crippen LogP contribution in [0.15, 0.2) is 0 Å². The quantitative estimate of drug-likeness (QED) is 0.478. The molecule has 0 aromatic heterocycles. The minimum atomic E-state index is -0.500. The molecule has 0 atom stereocenters. The van der Waals surface area contributed by atoms with Crippen molar-refractivity contribution in [2.75, 3.05) is 0 Å². The Morgan fingerprint density at radius 3 is 0.318 bits per heavy atom. The van der Waals surface area contributed by atoms with Crippen molar-refractivity contribution in [1.82, 2.24) is 0 Å². The third kappa shape index (κ3) is 5430. The smallest absolute Gasteiger partial charge is 0.0563 e. The third-order valence-electron chi connectivity index (χ3n) is 0. The summed E-state index contributed by atoms with van der Waals surface area (Å²) in [5.74, 6) is 0. The molecule has 6 heteroatoms. The van der Waals surface area contributed by atoms with Gasteiger partial charge in [0, 0.05) is 43.4 Å². The Labute approximate surface area is 168 Å². The van der Waals surface area contributed by atoms with Gasteiger partial charge in [0.15, 0.2) is 0 Å². The van der Waals surface area contributed by atoms with Gasteiger partial charge in [0.2, 0.25) is 0 Å². The standard InChI is InChI=1S/4C4H10O.2Ti/c4*1-4(2,3)5;;/h4*5H,1-3H3;;. The second-order valence-corrected chi connectivity index (χ2v) is 8.68. The molecule has 0 radical (unpaired) electrons. The molecule has 0 spiro atoms. The molecule has 22 heavy (non-hydrogen) atoms. The van der Waals surface area contributed by atoms with Crippen LogP contribution in [0.1, 0.15) is 83.1 Å². The van der Waals surface area contributed by atoms with Crippen LogP contribution in [0.4, 0.5) is 0 Å². The fraction of sp³-hybridized carbons (Fsp3) is 1.00. The summed E-state index contributed by atoms with van der Waals surface area (Å²) in [5.41, 5.74) is -2.00. The first-order valence-corrected chi connectivity index (χ1v) is 6.89. The molecular formula is C16H40O4Ti2. The Kier molecular flexibility index (Phi) is 27.7. The van der Waals surface area contributed by atoms with Crippen molar-refractivity contribution in [1.29, 1.82) is 0 Å². The van der Waals surface area contributed by atoms with E-state index < -0.39 is 22.4 Å². The molecule has 0 saturated carbocycles. The van der Waals surface area contributed by atoms with Gasteiger partial charge in [-0.25, -0.2) is 0 Å². The van der Waals surface area contributed by atoms with Crippen LogP contribution < -0.4 is 0 Å². The van der Waals surface area contributed by atoms with Gasteiger partial charge >= 0.3 is 0 Å². The van der Waals surface area contributed by atoms with E-state index in [4.69, 9.17) is 20.4 Å². The van der Waals surface area contributed by atoms with Crippen molar-refractivity contribution in [2.45, 2.75) is 105 Å². The van der Waals surface area contributed by atoms with Crippen LogP contribution in [0.25, 0.3) is 0 Å². The molecule has 0 amide bonds. The molecule has 0 rings (SSSR count). The maximum absolute atomic E-state index is 8.52. The minimum absolute atomic E-state index is 0. The zero-order valence-corrected chi connectivity index (χ0v) is 19.9. The van der Waals surface area contributed by atoms with Crippen molar-refractivity contribution >= 4 is 0 Å². The van der Waals surface area contributed by atoms with Gasteiger partial charge in [-0.2, -0.15) is 0 Å². The average Bonchev–Trinajstić information content (AvgIpc) is 1.62.